The second kappa shape index (κ2) is 8.58. The molecular formula is C25H26N6O2. The van der Waals surface area contributed by atoms with E-state index >= 15 is 0 Å². The van der Waals surface area contributed by atoms with Gasteiger partial charge in [0, 0.05) is 48.9 Å². The summed E-state index contributed by atoms with van der Waals surface area (Å²) in [6.45, 7) is 4.53. The maximum absolute atomic E-state index is 12.8. The quantitative estimate of drug-likeness (QED) is 0.607. The molecule has 2 saturated heterocycles. The molecule has 0 spiro atoms. The Morgan fingerprint density at radius 1 is 1.09 bits per heavy atom. The number of nitrogens with one attached hydrogen (secondary N) is 1. The van der Waals surface area contributed by atoms with Crippen LogP contribution in [-0.4, -0.2) is 62.7 Å². The summed E-state index contributed by atoms with van der Waals surface area (Å²) in [6, 6.07) is 7.67. The van der Waals surface area contributed by atoms with Gasteiger partial charge >= 0.3 is 0 Å². The fourth-order valence-corrected chi connectivity index (χ4v) is 4.92. The predicted molar refractivity (Wildman–Crippen MR) is 126 cm³/mol. The molecule has 2 aliphatic rings. The van der Waals surface area contributed by atoms with E-state index in [0.29, 0.717) is 30.1 Å². The topological polar surface area (TPSA) is 108 Å². The van der Waals surface area contributed by atoms with Crippen LogP contribution in [0.2, 0.25) is 0 Å². The van der Waals surface area contributed by atoms with E-state index in [1.165, 1.54) is 6.33 Å². The average molecular weight is 443 g/mol. The number of benzene rings is 1. The van der Waals surface area contributed by atoms with Gasteiger partial charge in [0.05, 0.1) is 5.39 Å². The third-order valence-corrected chi connectivity index (χ3v) is 6.58. The molecule has 8 heteroatoms. The van der Waals surface area contributed by atoms with E-state index in [4.69, 9.17) is 5.73 Å². The second-order valence-corrected chi connectivity index (χ2v) is 8.58. The summed E-state index contributed by atoms with van der Waals surface area (Å²) in [6.07, 6.45) is 4.38. The Bertz CT molecular complexity index is 1280. The summed E-state index contributed by atoms with van der Waals surface area (Å²) in [4.78, 5) is 40.8. The molecular weight excluding hydrogens is 416 g/mol. The zero-order valence-corrected chi connectivity index (χ0v) is 18.6. The first-order valence-electron chi connectivity index (χ1n) is 11.3. The third kappa shape index (κ3) is 3.80. The van der Waals surface area contributed by atoms with Crippen LogP contribution in [-0.2, 0) is 4.79 Å². The maximum atomic E-state index is 12.8. The van der Waals surface area contributed by atoms with Gasteiger partial charge < -0.3 is 20.5 Å². The number of likely N-dealkylation sites (tertiary alicyclic amines) is 2. The number of nitrogen functional groups attached to an aromatic ring is 1. The van der Waals surface area contributed by atoms with Crippen molar-refractivity contribution in [3.63, 3.8) is 0 Å². The van der Waals surface area contributed by atoms with E-state index in [0.717, 1.165) is 54.6 Å². The molecule has 5 rings (SSSR count). The van der Waals surface area contributed by atoms with Crippen LogP contribution in [0.4, 0.5) is 5.82 Å². The van der Waals surface area contributed by atoms with E-state index in [1.54, 1.807) is 11.8 Å². The Kier molecular flexibility index (Phi) is 5.47. The number of carbonyl (C=O) groups excluding carboxylic acids is 2. The van der Waals surface area contributed by atoms with Crippen LogP contribution in [0.1, 0.15) is 48.2 Å². The molecule has 2 fully saturated rings. The highest BCUT2D eigenvalue weighted by atomic mass is 16.2. The summed E-state index contributed by atoms with van der Waals surface area (Å²) < 4.78 is 0. The summed E-state index contributed by atoms with van der Waals surface area (Å²) in [7, 11) is 0. The molecule has 3 aromatic rings. The summed E-state index contributed by atoms with van der Waals surface area (Å²) in [5.74, 6) is 5.74. The minimum atomic E-state index is -0.151. The first-order chi connectivity index (χ1) is 16.1. The molecule has 0 unspecified atom stereocenters. The van der Waals surface area contributed by atoms with Gasteiger partial charge in [0.15, 0.2) is 0 Å². The highest BCUT2D eigenvalue weighted by Crippen LogP contribution is 2.40. The molecule has 0 saturated carbocycles. The maximum Gasteiger partial charge on any atom is 0.298 e. The van der Waals surface area contributed by atoms with Gasteiger partial charge in [-0.05, 0) is 49.8 Å². The first kappa shape index (κ1) is 21.0. The second-order valence-electron chi connectivity index (χ2n) is 8.58. The number of fused-ring (bicyclic) bond motifs is 1. The smallest absolute Gasteiger partial charge is 0.298 e. The minimum absolute atomic E-state index is 0.0722. The number of anilines is 1. The van der Waals surface area contributed by atoms with Crippen molar-refractivity contribution >= 4 is 28.7 Å². The van der Waals surface area contributed by atoms with Crippen molar-refractivity contribution in [2.75, 3.05) is 31.9 Å². The van der Waals surface area contributed by atoms with Gasteiger partial charge in [0.1, 0.15) is 17.8 Å². The average Bonchev–Trinajstić information content (AvgIpc) is 3.58. The van der Waals surface area contributed by atoms with Crippen molar-refractivity contribution in [3.05, 3.63) is 41.9 Å². The number of H-pyrrole nitrogens is 1. The third-order valence-electron chi connectivity index (χ3n) is 6.58. The molecule has 0 bridgehead atoms. The first-order valence-corrected chi connectivity index (χ1v) is 11.3. The van der Waals surface area contributed by atoms with Gasteiger partial charge in [-0.15, -0.1) is 0 Å². The van der Waals surface area contributed by atoms with Crippen molar-refractivity contribution in [1.82, 2.24) is 24.8 Å². The molecule has 8 nitrogen and oxygen atoms in total. The zero-order chi connectivity index (χ0) is 22.9. The fourth-order valence-electron chi connectivity index (χ4n) is 4.92. The highest BCUT2D eigenvalue weighted by molar-refractivity contribution is 6.03. The Balaban J connectivity index is 1.53. The van der Waals surface area contributed by atoms with Crippen LogP contribution in [0.15, 0.2) is 30.6 Å². The molecule has 0 radical (unpaired) electrons. The van der Waals surface area contributed by atoms with E-state index in [2.05, 4.69) is 26.8 Å². The van der Waals surface area contributed by atoms with E-state index in [1.807, 2.05) is 29.2 Å². The molecule has 33 heavy (non-hydrogen) atoms. The van der Waals surface area contributed by atoms with Crippen molar-refractivity contribution in [1.29, 1.82) is 0 Å². The Labute approximate surface area is 192 Å². The van der Waals surface area contributed by atoms with Crippen LogP contribution in [0.25, 0.3) is 22.2 Å². The Hall–Kier alpha value is -3.86. The van der Waals surface area contributed by atoms with E-state index in [9.17, 15) is 9.59 Å². The number of amides is 2. The van der Waals surface area contributed by atoms with Crippen LogP contribution >= 0.6 is 0 Å². The number of aromatic amines is 1. The van der Waals surface area contributed by atoms with Gasteiger partial charge in [0.2, 0.25) is 0 Å². The Morgan fingerprint density at radius 2 is 1.85 bits per heavy atom. The van der Waals surface area contributed by atoms with Crippen LogP contribution in [0.3, 0.4) is 0 Å². The molecule has 168 valence electrons. The number of nitrogens with two attached hydrogens (primary N) is 1. The van der Waals surface area contributed by atoms with Gasteiger partial charge in [-0.25, -0.2) is 9.97 Å². The summed E-state index contributed by atoms with van der Waals surface area (Å²) in [5, 5.41) is 0.768. The summed E-state index contributed by atoms with van der Waals surface area (Å²) >= 11 is 0. The van der Waals surface area contributed by atoms with Gasteiger partial charge in [0.25, 0.3) is 11.8 Å². The van der Waals surface area contributed by atoms with Crippen molar-refractivity contribution in [2.24, 2.45) is 0 Å². The number of aromatic nitrogens is 3. The SMILES string of the molecule is CC#CC(=O)N1CC[C@H](c2[nH]c3ncnc(N)c3c2-c2ccc(C(=O)N3CCCC3)cc2)C1. The summed E-state index contributed by atoms with van der Waals surface area (Å²) in [5.41, 5.74) is 10.5. The van der Waals surface area contributed by atoms with Crippen molar-refractivity contribution in [2.45, 2.75) is 32.1 Å². The monoisotopic (exact) mass is 442 g/mol. The molecule has 3 N–H and O–H groups in total. The molecule has 1 atom stereocenters. The van der Waals surface area contributed by atoms with Crippen LogP contribution < -0.4 is 5.73 Å². The molecule has 2 aliphatic heterocycles. The van der Waals surface area contributed by atoms with Crippen LogP contribution in [0.5, 0.6) is 0 Å². The normalized spacial score (nSPS) is 17.9. The number of nitrogens with zero attached hydrogens (tertiary/aromatic N) is 4. The fraction of sp³-hybridized carbons (Fsp3) is 0.360. The number of carbonyl (C=O) groups is 2. The van der Waals surface area contributed by atoms with E-state index in [-0.39, 0.29) is 17.7 Å². The van der Waals surface area contributed by atoms with E-state index < -0.39 is 0 Å². The minimum Gasteiger partial charge on any atom is -0.383 e. The van der Waals surface area contributed by atoms with Crippen molar-refractivity contribution < 1.29 is 9.59 Å². The molecule has 4 heterocycles. The van der Waals surface area contributed by atoms with Gasteiger partial charge in [-0.3, -0.25) is 9.59 Å². The number of hydrogen-bond acceptors (Lipinski definition) is 5. The Morgan fingerprint density at radius 3 is 2.58 bits per heavy atom. The largest absolute Gasteiger partial charge is 0.383 e. The molecule has 0 aliphatic carbocycles. The van der Waals surface area contributed by atoms with Crippen LogP contribution in [0, 0.1) is 11.8 Å². The predicted octanol–water partition coefficient (Wildman–Crippen LogP) is 2.78. The molecule has 2 aromatic heterocycles. The number of rotatable bonds is 3. The molecule has 2 amide bonds. The van der Waals surface area contributed by atoms with Gasteiger partial charge in [-0.2, -0.15) is 0 Å². The standard InChI is InChI=1S/C25H26N6O2/c1-2-5-19(32)31-13-10-18(14-31)22-20(21-23(26)27-15-28-24(21)29-22)16-6-8-17(9-7-16)25(33)30-11-3-4-12-30/h6-9,15,18H,3-4,10-14H2,1H3,(H3,26,27,28,29)/t18-/m0/s1. The lowest BCUT2D eigenvalue weighted by atomic mass is 9.94. The lowest BCUT2D eigenvalue weighted by Crippen LogP contribution is -2.27. The number of hydrogen-bond donors (Lipinski definition) is 2. The van der Waals surface area contributed by atoms with Gasteiger partial charge in [-0.1, -0.05) is 18.1 Å². The van der Waals surface area contributed by atoms with Crippen molar-refractivity contribution in [3.8, 4) is 23.0 Å². The lowest BCUT2D eigenvalue weighted by molar-refractivity contribution is -0.124. The molecule has 1 aromatic carbocycles. The highest BCUT2D eigenvalue weighted by Gasteiger charge is 2.31. The lowest BCUT2D eigenvalue weighted by Gasteiger charge is -2.16. The zero-order valence-electron chi connectivity index (χ0n) is 18.6.